The Hall–Kier alpha value is -1.71. The largest absolute Gasteiger partial charge is 0.409 e. The summed E-state index contributed by atoms with van der Waals surface area (Å²) in [6.45, 7) is 3.56. The van der Waals surface area contributed by atoms with Crippen molar-refractivity contribution in [3.63, 3.8) is 0 Å². The number of nitrogens with zero attached hydrogens (tertiary/aromatic N) is 2. The van der Waals surface area contributed by atoms with E-state index < -0.39 is 0 Å². The number of amidine groups is 1. The summed E-state index contributed by atoms with van der Waals surface area (Å²) in [5.74, 6) is 0.258. The molecule has 0 bridgehead atoms. The minimum Gasteiger partial charge on any atom is -0.409 e. The van der Waals surface area contributed by atoms with Crippen LogP contribution in [0, 0.1) is 6.92 Å². The van der Waals surface area contributed by atoms with Gasteiger partial charge < -0.3 is 15.8 Å². The number of rotatable bonds is 2. The Labute approximate surface area is 95.4 Å². The summed E-state index contributed by atoms with van der Waals surface area (Å²) >= 11 is 0. The van der Waals surface area contributed by atoms with E-state index in [9.17, 15) is 0 Å². The summed E-state index contributed by atoms with van der Waals surface area (Å²) in [6, 6.07) is 6.44. The Balaban J connectivity index is 2.26. The maximum atomic E-state index is 8.59. The van der Waals surface area contributed by atoms with Gasteiger partial charge in [0.15, 0.2) is 5.84 Å². The van der Waals surface area contributed by atoms with Crippen molar-refractivity contribution in [1.82, 2.24) is 0 Å². The Morgan fingerprint density at radius 1 is 1.56 bits per heavy atom. The van der Waals surface area contributed by atoms with E-state index in [0.717, 1.165) is 19.4 Å². The molecule has 0 unspecified atom stereocenters. The van der Waals surface area contributed by atoms with Gasteiger partial charge in [0.25, 0.3) is 0 Å². The van der Waals surface area contributed by atoms with Crippen LogP contribution in [0.3, 0.4) is 0 Å². The third kappa shape index (κ3) is 2.10. The lowest BCUT2D eigenvalue weighted by molar-refractivity contribution is 0.317. The van der Waals surface area contributed by atoms with E-state index in [2.05, 4.69) is 35.2 Å². The fourth-order valence-electron chi connectivity index (χ4n) is 2.20. The number of fused-ring (bicyclic) bond motifs is 1. The lowest BCUT2D eigenvalue weighted by Gasteiger charge is -2.31. The van der Waals surface area contributed by atoms with Crippen LogP contribution in [0.1, 0.15) is 17.5 Å². The van der Waals surface area contributed by atoms with Gasteiger partial charge in [0.05, 0.1) is 6.54 Å². The monoisotopic (exact) mass is 219 g/mol. The Kier molecular flexibility index (Phi) is 2.99. The van der Waals surface area contributed by atoms with Gasteiger partial charge in [-0.25, -0.2) is 0 Å². The fraction of sp³-hybridized carbons (Fsp3) is 0.417. The number of anilines is 1. The molecule has 0 radical (unpaired) electrons. The molecular weight excluding hydrogens is 202 g/mol. The molecule has 1 aromatic carbocycles. The van der Waals surface area contributed by atoms with Crippen molar-refractivity contribution in [2.24, 2.45) is 10.9 Å². The topological polar surface area (TPSA) is 61.8 Å². The van der Waals surface area contributed by atoms with E-state index in [1.54, 1.807) is 0 Å². The summed E-state index contributed by atoms with van der Waals surface area (Å²) in [5.41, 5.74) is 9.40. The zero-order valence-electron chi connectivity index (χ0n) is 9.48. The van der Waals surface area contributed by atoms with E-state index in [1.165, 1.54) is 16.8 Å². The molecule has 16 heavy (non-hydrogen) atoms. The highest BCUT2D eigenvalue weighted by molar-refractivity contribution is 5.85. The maximum absolute atomic E-state index is 8.59. The van der Waals surface area contributed by atoms with Gasteiger partial charge in [0.1, 0.15) is 0 Å². The first-order valence-corrected chi connectivity index (χ1v) is 5.51. The van der Waals surface area contributed by atoms with Crippen LogP contribution >= 0.6 is 0 Å². The number of benzene rings is 1. The van der Waals surface area contributed by atoms with Crippen molar-refractivity contribution in [1.29, 1.82) is 0 Å². The van der Waals surface area contributed by atoms with Gasteiger partial charge in [-0.3, -0.25) is 0 Å². The van der Waals surface area contributed by atoms with Gasteiger partial charge in [0.2, 0.25) is 0 Å². The first kappa shape index (κ1) is 10.8. The van der Waals surface area contributed by atoms with E-state index >= 15 is 0 Å². The van der Waals surface area contributed by atoms with Gasteiger partial charge >= 0.3 is 0 Å². The van der Waals surface area contributed by atoms with Crippen molar-refractivity contribution in [2.75, 3.05) is 18.0 Å². The maximum Gasteiger partial charge on any atom is 0.158 e. The van der Waals surface area contributed by atoms with Crippen LogP contribution in [0.4, 0.5) is 5.69 Å². The summed E-state index contributed by atoms with van der Waals surface area (Å²) < 4.78 is 0. The molecule has 4 nitrogen and oxygen atoms in total. The molecule has 0 spiro atoms. The molecule has 2 rings (SSSR count). The number of oxime groups is 1. The number of hydrogen-bond acceptors (Lipinski definition) is 3. The predicted octanol–water partition coefficient (Wildman–Crippen LogP) is 1.49. The number of nitrogens with two attached hydrogens (primary N) is 1. The first-order chi connectivity index (χ1) is 7.70. The lowest BCUT2D eigenvalue weighted by atomic mass is 9.99. The molecule has 0 saturated heterocycles. The molecule has 0 amide bonds. The van der Waals surface area contributed by atoms with Gasteiger partial charge in [0, 0.05) is 12.2 Å². The smallest absolute Gasteiger partial charge is 0.158 e. The molecule has 4 heteroatoms. The third-order valence-corrected chi connectivity index (χ3v) is 2.93. The minimum atomic E-state index is 0.258. The number of hydrogen-bond donors (Lipinski definition) is 2. The quantitative estimate of drug-likeness (QED) is 0.343. The zero-order chi connectivity index (χ0) is 11.5. The minimum absolute atomic E-state index is 0.258. The molecule has 1 aromatic rings. The summed E-state index contributed by atoms with van der Waals surface area (Å²) in [4.78, 5) is 2.16. The average Bonchev–Trinajstić information content (AvgIpc) is 2.28. The molecule has 1 aliphatic heterocycles. The molecular formula is C12H17N3O. The standard InChI is InChI=1S/C12H17N3O/c1-9-4-5-11-10(7-9)3-2-6-15(11)8-12(13)14-16/h4-5,7,16H,2-3,6,8H2,1H3,(H2,13,14). The van der Waals surface area contributed by atoms with Crippen molar-refractivity contribution < 1.29 is 5.21 Å². The molecule has 0 aliphatic carbocycles. The number of aryl methyl sites for hydroxylation is 2. The molecule has 1 heterocycles. The second-order valence-electron chi connectivity index (χ2n) is 4.25. The molecule has 3 N–H and O–H groups in total. The first-order valence-electron chi connectivity index (χ1n) is 5.51. The average molecular weight is 219 g/mol. The highest BCUT2D eigenvalue weighted by Crippen LogP contribution is 2.27. The second-order valence-corrected chi connectivity index (χ2v) is 4.25. The van der Waals surface area contributed by atoms with Gasteiger partial charge in [-0.15, -0.1) is 0 Å². The molecule has 0 atom stereocenters. The second kappa shape index (κ2) is 4.43. The molecule has 1 aliphatic rings. The van der Waals surface area contributed by atoms with Gasteiger partial charge in [-0.2, -0.15) is 0 Å². The van der Waals surface area contributed by atoms with Gasteiger partial charge in [-0.1, -0.05) is 22.9 Å². The zero-order valence-corrected chi connectivity index (χ0v) is 9.48. The van der Waals surface area contributed by atoms with E-state index in [0.29, 0.717) is 6.54 Å². The lowest BCUT2D eigenvalue weighted by Crippen LogP contribution is -2.37. The molecule has 0 saturated carbocycles. The Morgan fingerprint density at radius 2 is 2.38 bits per heavy atom. The van der Waals surface area contributed by atoms with Crippen LogP contribution in [-0.4, -0.2) is 24.1 Å². The summed E-state index contributed by atoms with van der Waals surface area (Å²) in [7, 11) is 0. The molecule has 86 valence electrons. The van der Waals surface area contributed by atoms with E-state index in [1.807, 2.05) is 0 Å². The highest BCUT2D eigenvalue weighted by atomic mass is 16.4. The molecule has 0 fully saturated rings. The van der Waals surface area contributed by atoms with Crippen LogP contribution in [-0.2, 0) is 6.42 Å². The van der Waals surface area contributed by atoms with Crippen LogP contribution in [0.2, 0.25) is 0 Å². The van der Waals surface area contributed by atoms with Crippen molar-refractivity contribution in [3.8, 4) is 0 Å². The Bertz CT molecular complexity index is 415. The van der Waals surface area contributed by atoms with Gasteiger partial charge in [-0.05, 0) is 31.4 Å². The normalized spacial score (nSPS) is 16.1. The third-order valence-electron chi connectivity index (χ3n) is 2.93. The highest BCUT2D eigenvalue weighted by Gasteiger charge is 2.17. The Morgan fingerprint density at radius 3 is 3.12 bits per heavy atom. The predicted molar refractivity (Wildman–Crippen MR) is 65.1 cm³/mol. The van der Waals surface area contributed by atoms with Crippen molar-refractivity contribution >= 4 is 11.5 Å². The van der Waals surface area contributed by atoms with Crippen LogP contribution in [0.25, 0.3) is 0 Å². The van der Waals surface area contributed by atoms with Crippen molar-refractivity contribution in [2.45, 2.75) is 19.8 Å². The fourth-order valence-corrected chi connectivity index (χ4v) is 2.20. The van der Waals surface area contributed by atoms with Crippen LogP contribution < -0.4 is 10.6 Å². The van der Waals surface area contributed by atoms with Crippen LogP contribution in [0.5, 0.6) is 0 Å². The van der Waals surface area contributed by atoms with E-state index in [4.69, 9.17) is 10.9 Å². The van der Waals surface area contributed by atoms with E-state index in [-0.39, 0.29) is 5.84 Å². The molecule has 0 aromatic heterocycles. The van der Waals surface area contributed by atoms with Crippen LogP contribution in [0.15, 0.2) is 23.4 Å². The summed E-state index contributed by atoms with van der Waals surface area (Å²) in [5, 5.41) is 11.6. The van der Waals surface area contributed by atoms with Crippen molar-refractivity contribution in [3.05, 3.63) is 29.3 Å². The SMILES string of the molecule is Cc1ccc2c(c1)CCCN2C/C(N)=N/O. The summed E-state index contributed by atoms with van der Waals surface area (Å²) in [6.07, 6.45) is 2.23.